The van der Waals surface area contributed by atoms with Crippen LogP contribution in [-0.2, 0) is 19.5 Å². The molecule has 2 aromatic carbocycles. The average molecular weight is 326 g/mol. The van der Waals surface area contributed by atoms with Gasteiger partial charge in [0.1, 0.15) is 0 Å². The van der Waals surface area contributed by atoms with Crippen molar-refractivity contribution in [3.8, 4) is 17.5 Å². The van der Waals surface area contributed by atoms with Gasteiger partial charge in [0.15, 0.2) is 5.82 Å². The number of fused-ring (bicyclic) bond motifs is 1. The van der Waals surface area contributed by atoms with Crippen LogP contribution in [0, 0.1) is 11.3 Å². The first-order valence-electron chi connectivity index (χ1n) is 8.44. The fourth-order valence-corrected chi connectivity index (χ4v) is 3.24. The maximum Gasteiger partial charge on any atom is 0.159 e. The van der Waals surface area contributed by atoms with Crippen molar-refractivity contribution in [2.75, 3.05) is 6.54 Å². The van der Waals surface area contributed by atoms with E-state index in [-0.39, 0.29) is 0 Å². The van der Waals surface area contributed by atoms with Gasteiger partial charge in [-0.2, -0.15) is 5.26 Å². The summed E-state index contributed by atoms with van der Waals surface area (Å²) in [6.07, 6.45) is 2.86. The third kappa shape index (κ3) is 3.28. The van der Waals surface area contributed by atoms with Crippen LogP contribution in [0.1, 0.15) is 22.4 Å². The number of rotatable bonds is 3. The molecule has 0 amide bonds. The molecule has 0 unspecified atom stereocenters. The predicted octanol–water partition coefficient (Wildman–Crippen LogP) is 3.57. The third-order valence-corrected chi connectivity index (χ3v) is 4.58. The largest absolute Gasteiger partial charge is 0.294 e. The van der Waals surface area contributed by atoms with E-state index in [1.165, 1.54) is 5.56 Å². The second-order valence-electron chi connectivity index (χ2n) is 6.26. The lowest BCUT2D eigenvalue weighted by molar-refractivity contribution is 0.243. The Labute approximate surface area is 147 Å². The summed E-state index contributed by atoms with van der Waals surface area (Å²) in [6.45, 7) is 2.55. The molecule has 0 saturated carbocycles. The van der Waals surface area contributed by atoms with Crippen molar-refractivity contribution in [2.45, 2.75) is 19.5 Å². The highest BCUT2D eigenvalue weighted by molar-refractivity contribution is 5.54. The summed E-state index contributed by atoms with van der Waals surface area (Å²) >= 11 is 0. The molecule has 4 nitrogen and oxygen atoms in total. The number of nitriles is 1. The molecule has 0 radical (unpaired) electrons. The normalized spacial score (nSPS) is 13.9. The smallest absolute Gasteiger partial charge is 0.159 e. The zero-order valence-electron chi connectivity index (χ0n) is 13.9. The van der Waals surface area contributed by atoms with E-state index >= 15 is 0 Å². The topological polar surface area (TPSA) is 52.8 Å². The van der Waals surface area contributed by atoms with Crippen LogP contribution < -0.4 is 0 Å². The van der Waals surface area contributed by atoms with E-state index in [1.54, 1.807) is 0 Å². The van der Waals surface area contributed by atoms with Crippen LogP contribution in [0.3, 0.4) is 0 Å². The Balaban J connectivity index is 1.53. The lowest BCUT2D eigenvalue weighted by Crippen LogP contribution is -2.31. The van der Waals surface area contributed by atoms with Crippen molar-refractivity contribution in [2.24, 2.45) is 0 Å². The maximum atomic E-state index is 9.26. The van der Waals surface area contributed by atoms with Crippen molar-refractivity contribution < 1.29 is 0 Å². The van der Waals surface area contributed by atoms with Gasteiger partial charge in [0, 0.05) is 43.4 Å². The summed E-state index contributed by atoms with van der Waals surface area (Å²) in [6, 6.07) is 20.2. The number of nitrogens with zero attached hydrogens (tertiary/aromatic N) is 4. The van der Waals surface area contributed by atoms with E-state index in [0.29, 0.717) is 0 Å². The van der Waals surface area contributed by atoms with Crippen LogP contribution in [-0.4, -0.2) is 21.4 Å². The molecule has 1 aliphatic heterocycles. The minimum absolute atomic E-state index is 0.754. The first kappa shape index (κ1) is 15.5. The zero-order valence-corrected chi connectivity index (χ0v) is 13.9. The lowest BCUT2D eigenvalue weighted by Gasteiger charge is -2.28. The van der Waals surface area contributed by atoms with Crippen molar-refractivity contribution >= 4 is 0 Å². The van der Waals surface area contributed by atoms with Crippen molar-refractivity contribution in [3.63, 3.8) is 0 Å². The van der Waals surface area contributed by atoms with Gasteiger partial charge in [0.25, 0.3) is 0 Å². The summed E-state index contributed by atoms with van der Waals surface area (Å²) in [5.74, 6) is 0.794. The molecule has 0 spiro atoms. The lowest BCUT2D eigenvalue weighted by atomic mass is 10.0. The van der Waals surface area contributed by atoms with Crippen LogP contribution >= 0.6 is 0 Å². The highest BCUT2D eigenvalue weighted by Crippen LogP contribution is 2.22. The third-order valence-electron chi connectivity index (χ3n) is 4.58. The highest BCUT2D eigenvalue weighted by atomic mass is 15.1. The summed E-state index contributed by atoms with van der Waals surface area (Å²) in [5, 5.41) is 9.26. The van der Waals surface area contributed by atoms with Gasteiger partial charge in [-0.15, -0.1) is 0 Å². The molecule has 0 fully saturated rings. The number of hydrogen-bond donors (Lipinski definition) is 0. The van der Waals surface area contributed by atoms with E-state index in [1.807, 2.05) is 60.8 Å². The number of aromatic nitrogens is 2. The van der Waals surface area contributed by atoms with Crippen LogP contribution in [0.2, 0.25) is 0 Å². The molecule has 1 aromatic heterocycles. The van der Waals surface area contributed by atoms with Crippen LogP contribution in [0.5, 0.6) is 0 Å². The van der Waals surface area contributed by atoms with E-state index in [9.17, 15) is 5.26 Å². The van der Waals surface area contributed by atoms with E-state index in [4.69, 9.17) is 4.98 Å². The predicted molar refractivity (Wildman–Crippen MR) is 96.4 cm³/mol. The standard InChI is InChI=1S/C21H18N4/c22-12-17-8-4-5-9-18(17)14-25-11-10-20-19(15-25)13-23-21(24-20)16-6-2-1-3-7-16/h1-9,13H,10-11,14-15H2. The quantitative estimate of drug-likeness (QED) is 0.738. The summed E-state index contributed by atoms with van der Waals surface area (Å²) < 4.78 is 0. The molecule has 122 valence electrons. The molecule has 4 rings (SSSR count). The highest BCUT2D eigenvalue weighted by Gasteiger charge is 2.19. The molecule has 2 heterocycles. The fraction of sp³-hybridized carbons (Fsp3) is 0.190. The summed E-state index contributed by atoms with van der Waals surface area (Å²) in [4.78, 5) is 11.7. The molecule has 0 saturated heterocycles. The SMILES string of the molecule is N#Cc1ccccc1CN1CCc2nc(-c3ccccc3)ncc2C1. The minimum atomic E-state index is 0.754. The van der Waals surface area contributed by atoms with Crippen LogP contribution in [0.15, 0.2) is 60.8 Å². The minimum Gasteiger partial charge on any atom is -0.294 e. The molecule has 0 aliphatic carbocycles. The molecule has 25 heavy (non-hydrogen) atoms. The van der Waals surface area contributed by atoms with Gasteiger partial charge in [0.05, 0.1) is 17.3 Å². The summed E-state index contributed by atoms with van der Waals surface area (Å²) in [5.41, 5.74) is 5.20. The van der Waals surface area contributed by atoms with Gasteiger partial charge in [-0.3, -0.25) is 4.90 Å². The van der Waals surface area contributed by atoms with Gasteiger partial charge in [-0.1, -0.05) is 48.5 Å². The first-order valence-corrected chi connectivity index (χ1v) is 8.44. The molecular weight excluding hydrogens is 308 g/mol. The van der Waals surface area contributed by atoms with Crippen molar-refractivity contribution in [1.29, 1.82) is 5.26 Å². The van der Waals surface area contributed by atoms with Gasteiger partial charge >= 0.3 is 0 Å². The van der Waals surface area contributed by atoms with Gasteiger partial charge < -0.3 is 0 Å². The molecule has 1 aliphatic rings. The van der Waals surface area contributed by atoms with Crippen molar-refractivity contribution in [3.05, 3.63) is 83.2 Å². The monoisotopic (exact) mass is 326 g/mol. The van der Waals surface area contributed by atoms with Gasteiger partial charge in [0.2, 0.25) is 0 Å². The number of hydrogen-bond acceptors (Lipinski definition) is 4. The average Bonchev–Trinajstić information content (AvgIpc) is 2.68. The Morgan fingerprint density at radius 2 is 1.84 bits per heavy atom. The Morgan fingerprint density at radius 3 is 2.68 bits per heavy atom. The molecular formula is C21H18N4. The zero-order chi connectivity index (χ0) is 17.1. The molecule has 0 atom stereocenters. The summed E-state index contributed by atoms with van der Waals surface area (Å²) in [7, 11) is 0. The van der Waals surface area contributed by atoms with Crippen molar-refractivity contribution in [1.82, 2.24) is 14.9 Å². The molecule has 3 aromatic rings. The van der Waals surface area contributed by atoms with Crippen LogP contribution in [0.4, 0.5) is 0 Å². The second kappa shape index (κ2) is 6.84. The first-order chi connectivity index (χ1) is 12.3. The Bertz CT molecular complexity index is 928. The Morgan fingerprint density at radius 1 is 1.04 bits per heavy atom. The maximum absolute atomic E-state index is 9.26. The van der Waals surface area contributed by atoms with Gasteiger partial charge in [-0.05, 0) is 11.6 Å². The second-order valence-corrected chi connectivity index (χ2v) is 6.26. The Hall–Kier alpha value is -3.03. The molecule has 4 heteroatoms. The van der Waals surface area contributed by atoms with Gasteiger partial charge in [-0.25, -0.2) is 9.97 Å². The number of benzene rings is 2. The fourth-order valence-electron chi connectivity index (χ4n) is 3.24. The van der Waals surface area contributed by atoms with E-state index < -0.39 is 0 Å². The molecule has 0 N–H and O–H groups in total. The molecule has 0 bridgehead atoms. The Kier molecular flexibility index (Phi) is 4.24. The van der Waals surface area contributed by atoms with E-state index in [0.717, 1.165) is 54.3 Å². The van der Waals surface area contributed by atoms with E-state index in [2.05, 4.69) is 16.0 Å². The van der Waals surface area contributed by atoms with Crippen LogP contribution in [0.25, 0.3) is 11.4 Å².